The van der Waals surface area contributed by atoms with Crippen LogP contribution in [0, 0.1) is 0 Å². The lowest BCUT2D eigenvalue weighted by atomic mass is 9.98. The van der Waals surface area contributed by atoms with Gasteiger partial charge in [-0.05, 0) is 42.5 Å². The number of benzene rings is 2. The van der Waals surface area contributed by atoms with Gasteiger partial charge in [-0.2, -0.15) is 0 Å². The first-order valence-electron chi connectivity index (χ1n) is 11.8. The van der Waals surface area contributed by atoms with Crippen molar-refractivity contribution in [1.82, 2.24) is 10.6 Å². The Morgan fingerprint density at radius 1 is 1.00 bits per heavy atom. The summed E-state index contributed by atoms with van der Waals surface area (Å²) in [4.78, 5) is 36.7. The number of fused-ring (bicyclic) bond motifs is 3. The van der Waals surface area contributed by atoms with Gasteiger partial charge in [0.25, 0.3) is 0 Å². The smallest absolute Gasteiger partial charge is 0.407 e. The molecule has 0 saturated carbocycles. The molecule has 0 bridgehead atoms. The number of carbonyl (C=O) groups is 3. The highest BCUT2D eigenvalue weighted by Crippen LogP contribution is 2.44. The molecule has 2 amide bonds. The lowest BCUT2D eigenvalue weighted by Crippen LogP contribution is -2.47. The molecule has 8 nitrogen and oxygen atoms in total. The largest absolute Gasteiger partial charge is 0.480 e. The molecule has 3 N–H and O–H groups in total. The number of ether oxygens (including phenoxy) is 2. The molecule has 0 radical (unpaired) electrons. The van der Waals surface area contributed by atoms with Crippen molar-refractivity contribution in [2.45, 2.75) is 63.6 Å². The number of rotatable bonds is 11. The lowest BCUT2D eigenvalue weighted by molar-refractivity contribution is -0.144. The summed E-state index contributed by atoms with van der Waals surface area (Å²) in [6, 6.07) is 14.6. The van der Waals surface area contributed by atoms with Gasteiger partial charge < -0.3 is 25.2 Å². The summed E-state index contributed by atoms with van der Waals surface area (Å²) < 4.78 is 10.8. The molecule has 1 aliphatic carbocycles. The highest BCUT2D eigenvalue weighted by molar-refractivity contribution is 5.84. The van der Waals surface area contributed by atoms with E-state index < -0.39 is 35.7 Å². The first kappa shape index (κ1) is 26.2. The maximum absolute atomic E-state index is 12.6. The molecule has 188 valence electrons. The van der Waals surface area contributed by atoms with Crippen LogP contribution in [0.5, 0.6) is 0 Å². The molecule has 0 saturated heterocycles. The van der Waals surface area contributed by atoms with Crippen molar-refractivity contribution in [2.24, 2.45) is 0 Å². The van der Waals surface area contributed by atoms with Gasteiger partial charge in [-0.25, -0.2) is 9.59 Å². The Bertz CT molecular complexity index is 1020. The van der Waals surface area contributed by atoms with E-state index in [2.05, 4.69) is 22.8 Å². The maximum Gasteiger partial charge on any atom is 0.407 e. The predicted octanol–water partition coefficient (Wildman–Crippen LogP) is 4.08. The van der Waals surface area contributed by atoms with Crippen molar-refractivity contribution in [3.63, 3.8) is 0 Å². The molecule has 35 heavy (non-hydrogen) atoms. The second kappa shape index (κ2) is 11.4. The zero-order valence-corrected chi connectivity index (χ0v) is 20.7. The number of methoxy groups -OCH3 is 1. The Kier molecular flexibility index (Phi) is 8.51. The van der Waals surface area contributed by atoms with Gasteiger partial charge in [-0.1, -0.05) is 55.5 Å². The Hall–Kier alpha value is -3.39. The second-order valence-corrected chi connectivity index (χ2v) is 9.41. The van der Waals surface area contributed by atoms with Crippen molar-refractivity contribution in [3.8, 4) is 11.1 Å². The minimum absolute atomic E-state index is 0.0577. The molecule has 0 aromatic heterocycles. The Labute approximate surface area is 206 Å². The van der Waals surface area contributed by atoms with Gasteiger partial charge in [0.05, 0.1) is 5.60 Å². The SMILES string of the molecule is CCC(CC(=O)NC(CC(C)(C)OC)C(=O)O)NC(=O)OCC1c2ccccc2-c2ccccc21. The molecule has 2 unspecified atom stereocenters. The number of carbonyl (C=O) groups excluding carboxylic acids is 2. The lowest BCUT2D eigenvalue weighted by Gasteiger charge is -2.27. The number of carboxylic acid groups (broad SMARTS) is 1. The molecule has 0 fully saturated rings. The van der Waals surface area contributed by atoms with Gasteiger partial charge in [0.15, 0.2) is 0 Å². The van der Waals surface area contributed by atoms with Crippen LogP contribution in [-0.2, 0) is 19.1 Å². The number of hydrogen-bond donors (Lipinski definition) is 3. The minimum atomic E-state index is -1.14. The zero-order chi connectivity index (χ0) is 25.6. The second-order valence-electron chi connectivity index (χ2n) is 9.41. The zero-order valence-electron chi connectivity index (χ0n) is 20.7. The molecule has 2 aromatic carbocycles. The molecule has 0 spiro atoms. The Morgan fingerprint density at radius 2 is 1.57 bits per heavy atom. The maximum atomic E-state index is 12.6. The molecule has 0 heterocycles. The van der Waals surface area contributed by atoms with Crippen LogP contribution in [-0.4, -0.2) is 54.5 Å². The molecule has 3 rings (SSSR count). The monoisotopic (exact) mass is 482 g/mol. The Morgan fingerprint density at radius 3 is 2.09 bits per heavy atom. The average Bonchev–Trinajstić information content (AvgIpc) is 3.15. The molecule has 2 atom stereocenters. The summed E-state index contributed by atoms with van der Waals surface area (Å²) in [6.07, 6.45) is -0.0698. The number of hydrogen-bond acceptors (Lipinski definition) is 5. The van der Waals surface area contributed by atoms with E-state index in [0.29, 0.717) is 6.42 Å². The van der Waals surface area contributed by atoms with Crippen molar-refractivity contribution >= 4 is 18.0 Å². The van der Waals surface area contributed by atoms with Crippen molar-refractivity contribution in [2.75, 3.05) is 13.7 Å². The van der Waals surface area contributed by atoms with Crippen LogP contribution in [0.1, 0.15) is 57.1 Å². The van der Waals surface area contributed by atoms with E-state index in [-0.39, 0.29) is 25.4 Å². The van der Waals surface area contributed by atoms with E-state index in [9.17, 15) is 19.5 Å². The van der Waals surface area contributed by atoms with Gasteiger partial charge in [-0.15, -0.1) is 0 Å². The molecule has 0 aliphatic heterocycles. The average molecular weight is 483 g/mol. The number of aliphatic carboxylic acids is 1. The highest BCUT2D eigenvalue weighted by Gasteiger charge is 2.31. The van der Waals surface area contributed by atoms with E-state index in [4.69, 9.17) is 9.47 Å². The fourth-order valence-corrected chi connectivity index (χ4v) is 4.36. The van der Waals surface area contributed by atoms with Gasteiger partial charge in [-0.3, -0.25) is 4.79 Å². The molecule has 1 aliphatic rings. The fourth-order valence-electron chi connectivity index (χ4n) is 4.36. The van der Waals surface area contributed by atoms with Crippen LogP contribution in [0.15, 0.2) is 48.5 Å². The van der Waals surface area contributed by atoms with E-state index >= 15 is 0 Å². The molecular formula is C27H34N2O6. The normalized spacial score (nSPS) is 14.4. The van der Waals surface area contributed by atoms with Crippen molar-refractivity contribution < 1.29 is 29.0 Å². The standard InChI is InChI=1S/C27H34N2O6/c1-5-17(14-24(30)29-23(25(31)32)15-27(2,3)34-4)28-26(33)35-16-22-20-12-8-6-10-18(20)19-11-7-9-13-21(19)22/h6-13,17,22-23H,5,14-16H2,1-4H3,(H,28,33)(H,29,30)(H,31,32). The molecule has 8 heteroatoms. The fraction of sp³-hybridized carbons (Fsp3) is 0.444. The highest BCUT2D eigenvalue weighted by atomic mass is 16.5. The van der Waals surface area contributed by atoms with Crippen molar-refractivity contribution in [3.05, 3.63) is 59.7 Å². The van der Waals surface area contributed by atoms with Crippen LogP contribution in [0.4, 0.5) is 4.79 Å². The van der Waals surface area contributed by atoms with Crippen LogP contribution in [0.3, 0.4) is 0 Å². The number of nitrogens with one attached hydrogen (secondary N) is 2. The van der Waals surface area contributed by atoms with Gasteiger partial charge in [0.1, 0.15) is 12.6 Å². The third-order valence-electron chi connectivity index (χ3n) is 6.47. The number of alkyl carbamates (subject to hydrolysis) is 1. The van der Waals surface area contributed by atoms with Crippen LogP contribution in [0.2, 0.25) is 0 Å². The molecular weight excluding hydrogens is 448 g/mol. The first-order chi connectivity index (χ1) is 16.6. The van der Waals surface area contributed by atoms with Crippen LogP contribution < -0.4 is 10.6 Å². The summed E-state index contributed by atoms with van der Waals surface area (Å²) in [7, 11) is 1.49. The quantitative estimate of drug-likeness (QED) is 0.445. The first-order valence-corrected chi connectivity index (χ1v) is 11.8. The van der Waals surface area contributed by atoms with Crippen LogP contribution >= 0.6 is 0 Å². The summed E-state index contributed by atoms with van der Waals surface area (Å²) in [5, 5.41) is 14.7. The minimum Gasteiger partial charge on any atom is -0.480 e. The predicted molar refractivity (Wildman–Crippen MR) is 132 cm³/mol. The third-order valence-corrected chi connectivity index (χ3v) is 6.47. The van der Waals surface area contributed by atoms with Crippen LogP contribution in [0.25, 0.3) is 11.1 Å². The number of carboxylic acids is 1. The van der Waals surface area contributed by atoms with E-state index in [0.717, 1.165) is 22.3 Å². The van der Waals surface area contributed by atoms with Crippen molar-refractivity contribution in [1.29, 1.82) is 0 Å². The van der Waals surface area contributed by atoms with Gasteiger partial charge >= 0.3 is 12.1 Å². The topological polar surface area (TPSA) is 114 Å². The Balaban J connectivity index is 1.55. The summed E-state index contributed by atoms with van der Waals surface area (Å²) in [5.41, 5.74) is 3.81. The summed E-state index contributed by atoms with van der Waals surface area (Å²) in [5.74, 6) is -1.66. The van der Waals surface area contributed by atoms with Gasteiger partial charge in [0, 0.05) is 31.9 Å². The number of amides is 2. The van der Waals surface area contributed by atoms with E-state index in [1.54, 1.807) is 13.8 Å². The third kappa shape index (κ3) is 6.60. The molecule has 2 aromatic rings. The van der Waals surface area contributed by atoms with Gasteiger partial charge in [0.2, 0.25) is 5.91 Å². The summed E-state index contributed by atoms with van der Waals surface area (Å²) in [6.45, 7) is 5.52. The summed E-state index contributed by atoms with van der Waals surface area (Å²) >= 11 is 0. The van der Waals surface area contributed by atoms with E-state index in [1.807, 2.05) is 43.3 Å². The van der Waals surface area contributed by atoms with E-state index in [1.165, 1.54) is 7.11 Å².